The molecule has 0 aliphatic carbocycles. The highest BCUT2D eigenvalue weighted by Crippen LogP contribution is 2.59. The number of aromatic nitrogens is 1. The second-order valence-corrected chi connectivity index (χ2v) is 15.6. The summed E-state index contributed by atoms with van der Waals surface area (Å²) in [5, 5.41) is 2.84. The number of hydrogen-bond acceptors (Lipinski definition) is 8. The van der Waals surface area contributed by atoms with Crippen LogP contribution >= 0.6 is 18.9 Å². The lowest BCUT2D eigenvalue weighted by molar-refractivity contribution is -0.148. The zero-order valence-electron chi connectivity index (χ0n) is 27.6. The van der Waals surface area contributed by atoms with Crippen LogP contribution in [0.5, 0.6) is 5.88 Å². The zero-order valence-corrected chi connectivity index (χ0v) is 29.3. The van der Waals surface area contributed by atoms with Crippen LogP contribution < -0.4 is 10.1 Å². The molecule has 0 saturated carbocycles. The number of likely N-dealkylation sites (tertiary alicyclic amines) is 1. The Morgan fingerprint density at radius 1 is 1.10 bits per heavy atom. The van der Waals surface area contributed by atoms with Crippen molar-refractivity contribution in [2.24, 2.45) is 0 Å². The summed E-state index contributed by atoms with van der Waals surface area (Å²) in [6.07, 6.45) is 2.92. The Labute approximate surface area is 295 Å². The highest BCUT2D eigenvalue weighted by Gasteiger charge is 2.51. The fourth-order valence-electron chi connectivity index (χ4n) is 7.12. The van der Waals surface area contributed by atoms with Crippen LogP contribution in [0, 0.1) is 6.57 Å². The summed E-state index contributed by atoms with van der Waals surface area (Å²) < 4.78 is 45.7. The van der Waals surface area contributed by atoms with Crippen molar-refractivity contribution < 1.29 is 47.0 Å². The van der Waals surface area contributed by atoms with Gasteiger partial charge in [-0.05, 0) is 48.4 Å². The number of rotatable bonds is 7. The number of benzene rings is 1. The molecule has 51 heavy (non-hydrogen) atoms. The molecule has 3 aromatic rings. The SMILES string of the molecule is [C-]#[N+][C@H]1CN(C(=O)[C@@H]2CC[C@@H]3CCN(C(C)=O)C[C@H](NC(=O)c4cc5cc(C(F)(F)P(=O)(O)O)ccc5s4)C(=O)N32)CC1c1ccc(OC)nc1. The molecule has 5 atom stereocenters. The molecule has 3 fully saturated rings. The van der Waals surface area contributed by atoms with E-state index in [0.717, 1.165) is 29.0 Å². The van der Waals surface area contributed by atoms with Crippen LogP contribution in [0.2, 0.25) is 0 Å². The molecule has 5 heterocycles. The molecule has 0 spiro atoms. The maximum absolute atomic E-state index is 14.4. The maximum Gasteiger partial charge on any atom is 0.399 e. The van der Waals surface area contributed by atoms with Crippen molar-refractivity contribution in [2.75, 3.05) is 33.3 Å². The van der Waals surface area contributed by atoms with Crippen LogP contribution in [0.4, 0.5) is 8.78 Å². The molecule has 3 saturated heterocycles. The maximum atomic E-state index is 14.4. The summed E-state index contributed by atoms with van der Waals surface area (Å²) in [4.78, 5) is 85.5. The van der Waals surface area contributed by atoms with E-state index >= 15 is 0 Å². The number of amides is 4. The van der Waals surface area contributed by atoms with E-state index in [2.05, 4.69) is 15.1 Å². The Morgan fingerprint density at radius 3 is 2.51 bits per heavy atom. The smallest absolute Gasteiger partial charge is 0.399 e. The molecular formula is C33H35F2N6O8PS. The van der Waals surface area contributed by atoms with Crippen molar-refractivity contribution in [3.63, 3.8) is 0 Å². The van der Waals surface area contributed by atoms with Gasteiger partial charge < -0.3 is 39.4 Å². The van der Waals surface area contributed by atoms with Crippen molar-refractivity contribution in [1.82, 2.24) is 25.0 Å². The predicted octanol–water partition coefficient (Wildman–Crippen LogP) is 3.16. The van der Waals surface area contributed by atoms with Gasteiger partial charge in [0, 0.05) is 55.1 Å². The third-order valence-electron chi connectivity index (χ3n) is 9.84. The van der Waals surface area contributed by atoms with Crippen LogP contribution in [-0.4, -0.2) is 111 Å². The lowest BCUT2D eigenvalue weighted by Crippen LogP contribution is -2.61. The van der Waals surface area contributed by atoms with Gasteiger partial charge >= 0.3 is 13.3 Å². The van der Waals surface area contributed by atoms with Crippen LogP contribution in [-0.2, 0) is 24.6 Å². The van der Waals surface area contributed by atoms with E-state index in [4.69, 9.17) is 21.1 Å². The molecule has 2 aromatic heterocycles. The zero-order chi connectivity index (χ0) is 36.8. The minimum absolute atomic E-state index is 0.0396. The van der Waals surface area contributed by atoms with Gasteiger partial charge in [-0.1, -0.05) is 12.1 Å². The van der Waals surface area contributed by atoms with Gasteiger partial charge in [0.1, 0.15) is 12.1 Å². The quantitative estimate of drug-likeness (QED) is 0.243. The third-order valence-corrected chi connectivity index (χ3v) is 11.9. The van der Waals surface area contributed by atoms with Crippen molar-refractivity contribution >= 4 is 52.6 Å². The van der Waals surface area contributed by atoms with Crippen LogP contribution in [0.25, 0.3) is 14.9 Å². The minimum atomic E-state index is -5.82. The summed E-state index contributed by atoms with van der Waals surface area (Å²) in [5.41, 5.74) is -4.56. The lowest BCUT2D eigenvalue weighted by Gasteiger charge is -2.39. The number of alkyl halides is 2. The number of ether oxygens (including phenoxy) is 1. The summed E-state index contributed by atoms with van der Waals surface area (Å²) in [7, 11) is -4.32. The highest BCUT2D eigenvalue weighted by molar-refractivity contribution is 7.52. The third kappa shape index (κ3) is 6.93. The van der Waals surface area contributed by atoms with E-state index in [1.165, 1.54) is 36.0 Å². The van der Waals surface area contributed by atoms with E-state index in [-0.39, 0.29) is 60.2 Å². The molecule has 0 bridgehead atoms. The Morgan fingerprint density at radius 2 is 1.86 bits per heavy atom. The summed E-state index contributed by atoms with van der Waals surface area (Å²) >= 11 is 0.930. The number of fused-ring (bicyclic) bond motifs is 2. The van der Waals surface area contributed by atoms with Gasteiger partial charge in [0.25, 0.3) is 5.91 Å². The molecule has 270 valence electrons. The first-order valence-corrected chi connectivity index (χ1v) is 18.6. The molecule has 1 unspecified atom stereocenters. The number of halogens is 2. The van der Waals surface area contributed by atoms with E-state index in [1.54, 1.807) is 17.2 Å². The highest BCUT2D eigenvalue weighted by atomic mass is 32.1. The summed E-state index contributed by atoms with van der Waals surface area (Å²) in [6, 6.07) is 4.82. The van der Waals surface area contributed by atoms with Gasteiger partial charge in [-0.15, -0.1) is 11.3 Å². The van der Waals surface area contributed by atoms with Crippen molar-refractivity contribution in [3.8, 4) is 5.88 Å². The second kappa shape index (κ2) is 13.9. The van der Waals surface area contributed by atoms with E-state index in [0.29, 0.717) is 29.8 Å². The number of methoxy groups -OCH3 is 1. The number of pyridine rings is 1. The monoisotopic (exact) mass is 744 g/mol. The number of carbonyl (C=O) groups excluding carboxylic acids is 4. The molecular weight excluding hydrogens is 709 g/mol. The van der Waals surface area contributed by atoms with E-state index in [1.807, 2.05) is 6.07 Å². The van der Waals surface area contributed by atoms with Gasteiger partial charge in [0.05, 0.1) is 24.4 Å². The fraction of sp³-hybridized carbons (Fsp3) is 0.455. The standard InChI is InChI=1S/C33H35F2N6O8PS/c1-18(42)39-11-10-22-6-7-26(32(45)40-15-23(24(16-40)36-2)19-4-9-29(49-3)37-14-19)41(22)31(44)25(17-39)38-30(43)28-13-20-12-21(5-8-27(20)51-28)33(34,35)50(46,47)48/h4-5,8-9,12-14,22-26H,6-7,10-11,15-17H2,1,3H3,(H,38,43)(H2,46,47,48)/t22-,23?,24+,25+,26+/m1/s1. The first-order valence-electron chi connectivity index (χ1n) is 16.1. The molecule has 3 N–H and O–H groups in total. The van der Waals surface area contributed by atoms with Crippen molar-refractivity contribution in [2.45, 2.75) is 61.9 Å². The van der Waals surface area contributed by atoms with Crippen molar-refractivity contribution in [3.05, 3.63) is 70.0 Å². The second-order valence-electron chi connectivity index (χ2n) is 12.9. The normalized spacial score (nSPS) is 24.1. The number of nitrogens with zero attached hydrogens (tertiary/aromatic N) is 5. The van der Waals surface area contributed by atoms with Crippen molar-refractivity contribution in [1.29, 1.82) is 0 Å². The molecule has 1 aromatic carbocycles. The first kappa shape index (κ1) is 36.3. The number of carbonyl (C=O) groups is 4. The van der Waals surface area contributed by atoms with E-state index in [9.17, 15) is 32.5 Å². The number of nitrogens with one attached hydrogen (secondary N) is 1. The molecule has 18 heteroatoms. The van der Waals surface area contributed by atoms with Gasteiger partial charge in [0.15, 0.2) is 0 Å². The largest absolute Gasteiger partial charge is 0.481 e. The van der Waals surface area contributed by atoms with Gasteiger partial charge in [-0.3, -0.25) is 23.7 Å². The average Bonchev–Trinajstić information content (AvgIpc) is 3.84. The minimum Gasteiger partial charge on any atom is -0.481 e. The Kier molecular flexibility index (Phi) is 9.90. The topological polar surface area (TPSA) is 174 Å². The molecule has 3 aliphatic heterocycles. The molecule has 3 aliphatic rings. The predicted molar refractivity (Wildman–Crippen MR) is 180 cm³/mol. The van der Waals surface area contributed by atoms with Gasteiger partial charge in [-0.25, -0.2) is 11.6 Å². The van der Waals surface area contributed by atoms with Crippen LogP contribution in [0.3, 0.4) is 0 Å². The molecule has 14 nitrogen and oxygen atoms in total. The summed E-state index contributed by atoms with van der Waals surface area (Å²) in [5.74, 6) is -1.74. The first-order chi connectivity index (χ1) is 24.1. The van der Waals surface area contributed by atoms with Gasteiger partial charge in [0.2, 0.25) is 29.6 Å². The Balaban J connectivity index is 1.23. The molecule has 4 amide bonds. The van der Waals surface area contributed by atoms with Gasteiger partial charge in [-0.2, -0.15) is 8.78 Å². The Bertz CT molecular complexity index is 1970. The summed E-state index contributed by atoms with van der Waals surface area (Å²) in [6.45, 7) is 9.70. The Hall–Kier alpha value is -4.49. The number of hydrogen-bond donors (Lipinski definition) is 3. The molecule has 0 radical (unpaired) electrons. The van der Waals surface area contributed by atoms with E-state index < -0.39 is 48.8 Å². The van der Waals surface area contributed by atoms with Crippen LogP contribution in [0.1, 0.15) is 52.9 Å². The number of thiophene rings is 1. The van der Waals surface area contributed by atoms with Crippen LogP contribution in [0.15, 0.2) is 42.6 Å². The molecule has 6 rings (SSSR count). The lowest BCUT2D eigenvalue weighted by atomic mass is 9.96. The average molecular weight is 745 g/mol. The fourth-order valence-corrected chi connectivity index (χ4v) is 8.54.